The van der Waals surface area contributed by atoms with Crippen LogP contribution in [0, 0.1) is 11.6 Å². The van der Waals surface area contributed by atoms with Gasteiger partial charge in [-0.15, -0.1) is 0 Å². The monoisotopic (exact) mass is 361 g/mol. The van der Waals surface area contributed by atoms with E-state index >= 15 is 0 Å². The molecule has 2 N–H and O–H groups in total. The Balaban J connectivity index is 1.86. The summed E-state index contributed by atoms with van der Waals surface area (Å²) in [6, 6.07) is 9.96. The highest BCUT2D eigenvalue weighted by molar-refractivity contribution is 7.98. The lowest BCUT2D eigenvalue weighted by molar-refractivity contribution is 0.0933. The number of hydrogen-bond acceptors (Lipinski definition) is 3. The first kappa shape index (κ1) is 17.4. The minimum Gasteiger partial charge on any atom is -0.342 e. The third-order valence-corrected chi connectivity index (χ3v) is 4.42. The molecule has 3 rings (SSSR count). The van der Waals surface area contributed by atoms with Crippen LogP contribution in [0.1, 0.15) is 28.6 Å². The van der Waals surface area contributed by atoms with E-state index in [1.54, 1.807) is 11.8 Å². The number of fused-ring (bicyclic) bond motifs is 1. The Morgan fingerprint density at radius 2 is 1.96 bits per heavy atom. The molecule has 0 spiro atoms. The van der Waals surface area contributed by atoms with Gasteiger partial charge in [0.2, 0.25) is 0 Å². The number of carbonyl (C=O) groups excluding carboxylic acids is 1. The highest BCUT2D eigenvalue weighted by Crippen LogP contribution is 2.21. The number of rotatable bonds is 6. The lowest BCUT2D eigenvalue weighted by atomic mass is 10.1. The molecule has 4 nitrogen and oxygen atoms in total. The molecule has 1 amide bonds. The molecule has 0 aliphatic rings. The third kappa shape index (κ3) is 4.17. The normalized spacial score (nSPS) is 12.3. The molecule has 0 fully saturated rings. The van der Waals surface area contributed by atoms with Gasteiger partial charge in [-0.05, 0) is 42.7 Å². The van der Waals surface area contributed by atoms with Crippen LogP contribution in [-0.4, -0.2) is 27.9 Å². The first-order chi connectivity index (χ1) is 12.1. The number of halogens is 2. The molecule has 0 saturated carbocycles. The molecular formula is C18H17F2N3OS. The number of thioether (sulfide) groups is 1. The van der Waals surface area contributed by atoms with Crippen molar-refractivity contribution in [2.24, 2.45) is 0 Å². The van der Waals surface area contributed by atoms with Crippen molar-refractivity contribution >= 4 is 28.7 Å². The van der Waals surface area contributed by atoms with Crippen molar-refractivity contribution in [3.63, 3.8) is 0 Å². The van der Waals surface area contributed by atoms with Crippen LogP contribution in [0.4, 0.5) is 8.78 Å². The smallest absolute Gasteiger partial charge is 0.252 e. The molecule has 7 heteroatoms. The van der Waals surface area contributed by atoms with Gasteiger partial charge in [0.1, 0.15) is 17.5 Å². The summed E-state index contributed by atoms with van der Waals surface area (Å²) >= 11 is 1.65. The highest BCUT2D eigenvalue weighted by Gasteiger charge is 2.19. The van der Waals surface area contributed by atoms with Crippen molar-refractivity contribution in [2.75, 3.05) is 12.0 Å². The van der Waals surface area contributed by atoms with Crippen LogP contribution in [0.3, 0.4) is 0 Å². The van der Waals surface area contributed by atoms with E-state index in [-0.39, 0.29) is 11.6 Å². The van der Waals surface area contributed by atoms with Crippen LogP contribution in [0.25, 0.3) is 11.0 Å². The summed E-state index contributed by atoms with van der Waals surface area (Å²) in [5.41, 5.74) is 1.62. The van der Waals surface area contributed by atoms with Crippen LogP contribution in [0.2, 0.25) is 0 Å². The maximum absolute atomic E-state index is 13.3. The largest absolute Gasteiger partial charge is 0.342 e. The summed E-state index contributed by atoms with van der Waals surface area (Å²) in [6.45, 7) is 0. The van der Waals surface area contributed by atoms with Gasteiger partial charge >= 0.3 is 0 Å². The molecule has 0 bridgehead atoms. The predicted octanol–water partition coefficient (Wildman–Crippen LogP) is 4.07. The Bertz CT molecular complexity index is 844. The third-order valence-electron chi connectivity index (χ3n) is 3.78. The maximum Gasteiger partial charge on any atom is 0.252 e. The lowest BCUT2D eigenvalue weighted by Crippen LogP contribution is -2.30. The summed E-state index contributed by atoms with van der Waals surface area (Å²) in [6.07, 6.45) is 2.62. The molecular weight excluding hydrogens is 344 g/mol. The van der Waals surface area contributed by atoms with E-state index in [1.165, 1.54) is 0 Å². The van der Waals surface area contributed by atoms with E-state index in [2.05, 4.69) is 15.3 Å². The molecule has 2 aromatic carbocycles. The van der Waals surface area contributed by atoms with E-state index in [4.69, 9.17) is 0 Å². The van der Waals surface area contributed by atoms with Crippen LogP contribution < -0.4 is 5.32 Å². The average Bonchev–Trinajstić information content (AvgIpc) is 3.01. The molecule has 1 aromatic heterocycles. The van der Waals surface area contributed by atoms with Crippen molar-refractivity contribution in [3.8, 4) is 0 Å². The number of carbonyl (C=O) groups is 1. The lowest BCUT2D eigenvalue weighted by Gasteiger charge is -2.16. The number of hydrogen-bond donors (Lipinski definition) is 2. The van der Waals surface area contributed by atoms with Crippen molar-refractivity contribution in [1.29, 1.82) is 0 Å². The standard InChI is InChI=1S/C18H17F2N3OS/c1-25-7-6-16(17-21-14-4-2-3-5-15(14)22-17)23-18(24)11-8-12(19)10-13(20)9-11/h2-5,8-10,16H,6-7H2,1H3,(H,21,22)(H,23,24). The number of nitrogens with one attached hydrogen (secondary N) is 2. The summed E-state index contributed by atoms with van der Waals surface area (Å²) in [5.74, 6) is -0.672. The van der Waals surface area contributed by atoms with Crippen molar-refractivity contribution < 1.29 is 13.6 Å². The van der Waals surface area contributed by atoms with Crippen molar-refractivity contribution in [1.82, 2.24) is 15.3 Å². The Morgan fingerprint density at radius 1 is 1.24 bits per heavy atom. The number of aromatic amines is 1. The minimum atomic E-state index is -0.783. The average molecular weight is 361 g/mol. The van der Waals surface area contributed by atoms with E-state index < -0.39 is 17.5 Å². The van der Waals surface area contributed by atoms with Gasteiger partial charge < -0.3 is 10.3 Å². The van der Waals surface area contributed by atoms with E-state index in [1.807, 2.05) is 30.5 Å². The zero-order chi connectivity index (χ0) is 17.8. The Morgan fingerprint density at radius 3 is 2.64 bits per heavy atom. The van der Waals surface area contributed by atoms with E-state index in [0.717, 1.165) is 35.0 Å². The first-order valence-electron chi connectivity index (χ1n) is 7.77. The second-order valence-electron chi connectivity index (χ2n) is 5.60. The summed E-state index contributed by atoms with van der Waals surface area (Å²) in [5, 5.41) is 2.82. The predicted molar refractivity (Wildman–Crippen MR) is 95.7 cm³/mol. The molecule has 0 aliphatic heterocycles. The number of aromatic nitrogens is 2. The summed E-state index contributed by atoms with van der Waals surface area (Å²) in [4.78, 5) is 20.1. The molecule has 130 valence electrons. The fourth-order valence-electron chi connectivity index (χ4n) is 2.58. The fourth-order valence-corrected chi connectivity index (χ4v) is 3.05. The molecule has 1 atom stereocenters. The maximum atomic E-state index is 13.3. The molecule has 0 aliphatic carbocycles. The Hall–Kier alpha value is -2.41. The summed E-state index contributed by atoms with van der Waals surface area (Å²) in [7, 11) is 0. The van der Waals surface area contributed by atoms with Gasteiger partial charge in [0, 0.05) is 11.6 Å². The number of amides is 1. The molecule has 1 unspecified atom stereocenters. The number of H-pyrrole nitrogens is 1. The second kappa shape index (κ2) is 7.65. The van der Waals surface area contributed by atoms with Crippen LogP contribution >= 0.6 is 11.8 Å². The van der Waals surface area contributed by atoms with Crippen LogP contribution in [0.15, 0.2) is 42.5 Å². The zero-order valence-corrected chi connectivity index (χ0v) is 14.4. The van der Waals surface area contributed by atoms with E-state index in [0.29, 0.717) is 12.2 Å². The van der Waals surface area contributed by atoms with Crippen molar-refractivity contribution in [2.45, 2.75) is 12.5 Å². The molecule has 3 aromatic rings. The van der Waals surface area contributed by atoms with Crippen LogP contribution in [-0.2, 0) is 0 Å². The van der Waals surface area contributed by atoms with E-state index in [9.17, 15) is 13.6 Å². The molecule has 25 heavy (non-hydrogen) atoms. The Kier molecular flexibility index (Phi) is 5.33. The fraction of sp³-hybridized carbons (Fsp3) is 0.222. The van der Waals surface area contributed by atoms with Gasteiger partial charge in [-0.3, -0.25) is 4.79 Å². The number of para-hydroxylation sites is 2. The quantitative estimate of drug-likeness (QED) is 0.696. The summed E-state index contributed by atoms with van der Waals surface area (Å²) < 4.78 is 26.7. The SMILES string of the molecule is CSCCC(NC(=O)c1cc(F)cc(F)c1)c1nc2ccccc2[nH]1. The van der Waals surface area contributed by atoms with Gasteiger partial charge in [-0.1, -0.05) is 12.1 Å². The topological polar surface area (TPSA) is 57.8 Å². The van der Waals surface area contributed by atoms with Gasteiger partial charge in [0.25, 0.3) is 5.91 Å². The number of benzene rings is 2. The highest BCUT2D eigenvalue weighted by atomic mass is 32.2. The van der Waals surface area contributed by atoms with Gasteiger partial charge in [-0.25, -0.2) is 13.8 Å². The van der Waals surface area contributed by atoms with Gasteiger partial charge in [0.15, 0.2) is 0 Å². The molecule has 0 radical (unpaired) electrons. The van der Waals surface area contributed by atoms with Crippen LogP contribution in [0.5, 0.6) is 0 Å². The first-order valence-corrected chi connectivity index (χ1v) is 9.17. The van der Waals surface area contributed by atoms with Gasteiger partial charge in [-0.2, -0.15) is 11.8 Å². The van der Waals surface area contributed by atoms with Gasteiger partial charge in [0.05, 0.1) is 17.1 Å². The van der Waals surface area contributed by atoms with Crippen molar-refractivity contribution in [3.05, 3.63) is 65.5 Å². The molecule has 0 saturated heterocycles. The number of imidazole rings is 1. The zero-order valence-electron chi connectivity index (χ0n) is 13.6. The molecule has 1 heterocycles. The second-order valence-corrected chi connectivity index (χ2v) is 6.59. The Labute approximate surface area is 148 Å². The minimum absolute atomic E-state index is 0.0530. The number of nitrogens with zero attached hydrogens (tertiary/aromatic N) is 1.